The monoisotopic (exact) mass is 565 g/mol. The summed E-state index contributed by atoms with van der Waals surface area (Å²) in [6.07, 6.45) is -8.50. The van der Waals surface area contributed by atoms with Crippen molar-refractivity contribution in [3.8, 4) is 22.8 Å². The number of benzene rings is 2. The molecular formula is C26H21F6N5O3. The van der Waals surface area contributed by atoms with Gasteiger partial charge in [-0.25, -0.2) is 14.5 Å². The Kier molecular flexibility index (Phi) is 7.98. The van der Waals surface area contributed by atoms with Crippen LogP contribution < -0.4 is 9.64 Å². The molecule has 0 bridgehead atoms. The first kappa shape index (κ1) is 28.4. The summed E-state index contributed by atoms with van der Waals surface area (Å²) in [6, 6.07) is 13.8. The fourth-order valence-electron chi connectivity index (χ4n) is 3.62. The molecule has 0 saturated heterocycles. The number of pyridine rings is 1. The molecule has 1 atom stereocenters. The summed E-state index contributed by atoms with van der Waals surface area (Å²) in [6.45, 7) is 3.50. The van der Waals surface area contributed by atoms with Gasteiger partial charge in [-0.15, -0.1) is 18.3 Å². The first-order chi connectivity index (χ1) is 18.8. The number of carbonyl (C=O) groups excluding carboxylic acids is 1. The quantitative estimate of drug-likeness (QED) is 0.225. The molecule has 2 aromatic carbocycles. The van der Waals surface area contributed by atoms with Crippen molar-refractivity contribution >= 4 is 11.8 Å². The second-order valence-electron chi connectivity index (χ2n) is 8.35. The van der Waals surface area contributed by atoms with Gasteiger partial charge in [0.05, 0.1) is 5.69 Å². The molecule has 1 amide bonds. The zero-order valence-corrected chi connectivity index (χ0v) is 20.9. The van der Waals surface area contributed by atoms with Crippen LogP contribution in [0.25, 0.3) is 17.1 Å². The molecule has 0 saturated carbocycles. The van der Waals surface area contributed by atoms with Gasteiger partial charge in [0.1, 0.15) is 23.9 Å². The molecular weight excluding hydrogens is 544 g/mol. The Hall–Kier alpha value is -4.62. The number of alkyl halides is 6. The van der Waals surface area contributed by atoms with Crippen LogP contribution in [0.4, 0.5) is 36.8 Å². The maximum atomic E-state index is 12.8. The van der Waals surface area contributed by atoms with Crippen molar-refractivity contribution in [2.24, 2.45) is 0 Å². The highest BCUT2D eigenvalue weighted by molar-refractivity contribution is 5.88. The fraction of sp³-hybridized carbons (Fsp3) is 0.231. The third-order valence-corrected chi connectivity index (χ3v) is 5.62. The van der Waals surface area contributed by atoms with Crippen molar-refractivity contribution < 1.29 is 40.6 Å². The number of hydrogen-bond donors (Lipinski definition) is 0. The summed E-state index contributed by atoms with van der Waals surface area (Å²) >= 11 is 0. The third-order valence-electron chi connectivity index (χ3n) is 5.62. The third kappa shape index (κ3) is 6.87. The number of halogens is 6. The van der Waals surface area contributed by atoms with Gasteiger partial charge < -0.3 is 9.47 Å². The van der Waals surface area contributed by atoms with Gasteiger partial charge in [0, 0.05) is 29.6 Å². The second kappa shape index (κ2) is 11.2. The minimum absolute atomic E-state index is 0.247. The molecule has 8 nitrogen and oxygen atoms in total. The van der Waals surface area contributed by atoms with Gasteiger partial charge in [0.2, 0.25) is 0 Å². The minimum Gasteiger partial charge on any atom is -0.441 e. The molecule has 2 aromatic heterocycles. The van der Waals surface area contributed by atoms with Gasteiger partial charge in [0.25, 0.3) is 0 Å². The predicted molar refractivity (Wildman–Crippen MR) is 131 cm³/mol. The molecule has 210 valence electrons. The number of hydrogen-bond acceptors (Lipinski definition) is 6. The smallest absolute Gasteiger partial charge is 0.441 e. The van der Waals surface area contributed by atoms with Crippen LogP contribution in [0.15, 0.2) is 73.2 Å². The molecule has 40 heavy (non-hydrogen) atoms. The van der Waals surface area contributed by atoms with Crippen LogP contribution in [-0.4, -0.2) is 38.7 Å². The number of ether oxygens (including phenoxy) is 2. The summed E-state index contributed by atoms with van der Waals surface area (Å²) in [7, 11) is 0. The van der Waals surface area contributed by atoms with Crippen molar-refractivity contribution in [1.82, 2.24) is 19.7 Å². The van der Waals surface area contributed by atoms with E-state index in [4.69, 9.17) is 4.74 Å². The summed E-state index contributed by atoms with van der Waals surface area (Å²) in [5.74, 6) is -0.0344. The maximum Gasteiger partial charge on any atom is 0.573 e. The number of nitrogens with zero attached hydrogens (tertiary/aromatic N) is 5. The van der Waals surface area contributed by atoms with Gasteiger partial charge >= 0.3 is 18.6 Å². The molecule has 0 aliphatic heterocycles. The van der Waals surface area contributed by atoms with Crippen LogP contribution >= 0.6 is 0 Å². The normalized spacial score (nSPS) is 12.6. The standard InChI is InChI=1S/C26H21F6N5O3/c1-3-36(24(38)39-16(2)18-6-13-22(33-14-18)25(27,28)29)19-7-4-17(5-8-19)23-34-15-37(35-23)20-9-11-21(12-10-20)40-26(30,31)32/h4-16H,3H2,1-2H3. The van der Waals surface area contributed by atoms with Crippen LogP contribution in [0, 0.1) is 0 Å². The summed E-state index contributed by atoms with van der Waals surface area (Å²) in [5, 5.41) is 4.34. The Morgan fingerprint density at radius 1 is 0.950 bits per heavy atom. The molecule has 0 N–H and O–H groups in total. The van der Waals surface area contributed by atoms with E-state index in [1.807, 2.05) is 0 Å². The lowest BCUT2D eigenvalue weighted by Gasteiger charge is -2.23. The van der Waals surface area contributed by atoms with E-state index in [0.717, 1.165) is 24.4 Å². The van der Waals surface area contributed by atoms with E-state index in [2.05, 4.69) is 19.8 Å². The molecule has 0 aliphatic rings. The van der Waals surface area contributed by atoms with E-state index in [1.165, 1.54) is 41.0 Å². The Bertz CT molecular complexity index is 1440. The number of rotatable bonds is 7. The molecule has 0 aliphatic carbocycles. The molecule has 4 rings (SSSR count). The second-order valence-corrected chi connectivity index (χ2v) is 8.35. The number of anilines is 1. The van der Waals surface area contributed by atoms with Crippen LogP contribution in [0.1, 0.15) is 31.2 Å². The first-order valence-corrected chi connectivity index (χ1v) is 11.7. The highest BCUT2D eigenvalue weighted by atomic mass is 19.4. The van der Waals surface area contributed by atoms with Crippen molar-refractivity contribution in [2.45, 2.75) is 32.5 Å². The van der Waals surface area contributed by atoms with E-state index in [0.29, 0.717) is 28.3 Å². The molecule has 0 fully saturated rings. The van der Waals surface area contributed by atoms with E-state index < -0.39 is 30.4 Å². The molecule has 2 heterocycles. The van der Waals surface area contributed by atoms with Crippen molar-refractivity contribution in [3.63, 3.8) is 0 Å². The average molecular weight is 565 g/mol. The largest absolute Gasteiger partial charge is 0.573 e. The Balaban J connectivity index is 1.42. The molecule has 4 aromatic rings. The van der Waals surface area contributed by atoms with Crippen LogP contribution in [0.3, 0.4) is 0 Å². The van der Waals surface area contributed by atoms with Crippen molar-refractivity contribution in [3.05, 3.63) is 84.4 Å². The van der Waals surface area contributed by atoms with E-state index in [-0.39, 0.29) is 12.3 Å². The van der Waals surface area contributed by atoms with E-state index >= 15 is 0 Å². The minimum atomic E-state index is -4.79. The van der Waals surface area contributed by atoms with Crippen molar-refractivity contribution in [2.75, 3.05) is 11.4 Å². The maximum absolute atomic E-state index is 12.8. The van der Waals surface area contributed by atoms with Crippen LogP contribution in [0.2, 0.25) is 0 Å². The molecule has 0 spiro atoms. The number of carbonyl (C=O) groups is 1. The number of amides is 1. The lowest BCUT2D eigenvalue weighted by molar-refractivity contribution is -0.274. The SMILES string of the molecule is CCN(C(=O)OC(C)c1ccc(C(F)(F)F)nc1)c1ccc(-c2ncn(-c3ccc(OC(F)(F)F)cc3)n2)cc1. The van der Waals surface area contributed by atoms with Gasteiger partial charge in [0.15, 0.2) is 5.82 Å². The molecule has 0 radical (unpaired) electrons. The lowest BCUT2D eigenvalue weighted by atomic mass is 10.1. The highest BCUT2D eigenvalue weighted by Crippen LogP contribution is 2.29. The van der Waals surface area contributed by atoms with E-state index in [1.54, 1.807) is 31.2 Å². The van der Waals surface area contributed by atoms with Gasteiger partial charge in [-0.05, 0) is 68.4 Å². The van der Waals surface area contributed by atoms with Gasteiger partial charge in [-0.1, -0.05) is 6.07 Å². The Labute approximate surface area is 223 Å². The highest BCUT2D eigenvalue weighted by Gasteiger charge is 2.32. The van der Waals surface area contributed by atoms with Crippen molar-refractivity contribution in [1.29, 1.82) is 0 Å². The average Bonchev–Trinajstić information content (AvgIpc) is 3.39. The zero-order valence-electron chi connectivity index (χ0n) is 20.9. The molecule has 1 unspecified atom stereocenters. The topological polar surface area (TPSA) is 82.4 Å². The summed E-state index contributed by atoms with van der Waals surface area (Å²) in [5.41, 5.74) is 0.818. The van der Waals surface area contributed by atoms with Crippen LogP contribution in [0.5, 0.6) is 5.75 Å². The van der Waals surface area contributed by atoms with Crippen LogP contribution in [-0.2, 0) is 10.9 Å². The van der Waals surface area contributed by atoms with Gasteiger partial charge in [-0.2, -0.15) is 13.2 Å². The van der Waals surface area contributed by atoms with Gasteiger partial charge in [-0.3, -0.25) is 9.88 Å². The van der Waals surface area contributed by atoms with E-state index in [9.17, 15) is 31.1 Å². The predicted octanol–water partition coefficient (Wildman–Crippen LogP) is 6.97. The summed E-state index contributed by atoms with van der Waals surface area (Å²) < 4.78 is 86.0. The fourth-order valence-corrected chi connectivity index (χ4v) is 3.62. The molecule has 14 heteroatoms. The Morgan fingerprint density at radius 3 is 2.17 bits per heavy atom. The lowest BCUT2D eigenvalue weighted by Crippen LogP contribution is -2.32. The first-order valence-electron chi connectivity index (χ1n) is 11.7. The zero-order chi connectivity index (χ0) is 29.1. The summed E-state index contributed by atoms with van der Waals surface area (Å²) in [4.78, 5) is 21.8. The number of aromatic nitrogens is 4. The Morgan fingerprint density at radius 2 is 1.62 bits per heavy atom.